The summed E-state index contributed by atoms with van der Waals surface area (Å²) in [5.41, 5.74) is 0. The molecule has 2 aliphatic heterocycles. The van der Waals surface area contributed by atoms with Crippen molar-refractivity contribution in [2.24, 2.45) is 5.92 Å². The van der Waals surface area contributed by atoms with Gasteiger partial charge < -0.3 is 14.9 Å². The van der Waals surface area contributed by atoms with E-state index in [1.807, 2.05) is 0 Å². The summed E-state index contributed by atoms with van der Waals surface area (Å²) in [6, 6.07) is 0.689. The minimum Gasteiger partial charge on any atom is -0.391 e. The van der Waals surface area contributed by atoms with Crippen molar-refractivity contribution < 1.29 is 5.11 Å². The first kappa shape index (κ1) is 16.2. The molecular formula is C16H33N3O. The molecule has 0 aliphatic carbocycles. The minimum atomic E-state index is -0.0883. The Bertz CT molecular complexity index is 277. The normalized spacial score (nSPS) is 30.4. The van der Waals surface area contributed by atoms with Gasteiger partial charge in [0.25, 0.3) is 0 Å². The van der Waals surface area contributed by atoms with Crippen LogP contribution < -0.4 is 0 Å². The van der Waals surface area contributed by atoms with E-state index in [1.54, 1.807) is 0 Å². The van der Waals surface area contributed by atoms with Gasteiger partial charge in [-0.05, 0) is 45.7 Å². The summed E-state index contributed by atoms with van der Waals surface area (Å²) >= 11 is 0. The molecule has 2 aliphatic rings. The predicted molar refractivity (Wildman–Crippen MR) is 84.0 cm³/mol. The molecule has 4 nitrogen and oxygen atoms in total. The third-order valence-corrected chi connectivity index (χ3v) is 5.09. The van der Waals surface area contributed by atoms with E-state index in [0.717, 1.165) is 26.1 Å². The molecule has 2 saturated heterocycles. The molecule has 2 rings (SSSR count). The van der Waals surface area contributed by atoms with Gasteiger partial charge in [-0.2, -0.15) is 0 Å². The maximum atomic E-state index is 9.93. The average molecular weight is 283 g/mol. The summed E-state index contributed by atoms with van der Waals surface area (Å²) in [6.07, 6.45) is 2.26. The Morgan fingerprint density at radius 3 is 2.20 bits per heavy atom. The first-order valence-electron chi connectivity index (χ1n) is 8.47. The molecule has 2 heterocycles. The first-order chi connectivity index (χ1) is 9.60. The Kier molecular flexibility index (Phi) is 6.27. The van der Waals surface area contributed by atoms with Gasteiger partial charge in [-0.3, -0.25) is 4.90 Å². The molecule has 0 bridgehead atoms. The lowest BCUT2D eigenvalue weighted by molar-refractivity contribution is 0.104. The highest BCUT2D eigenvalue weighted by Crippen LogP contribution is 2.20. The molecule has 0 aromatic rings. The van der Waals surface area contributed by atoms with Crippen LogP contribution in [0.3, 0.4) is 0 Å². The van der Waals surface area contributed by atoms with Crippen LogP contribution in [0.15, 0.2) is 0 Å². The Labute approximate surface area is 124 Å². The van der Waals surface area contributed by atoms with E-state index in [1.165, 1.54) is 39.1 Å². The summed E-state index contributed by atoms with van der Waals surface area (Å²) in [6.45, 7) is 16.0. The maximum Gasteiger partial charge on any atom is 0.0707 e. The van der Waals surface area contributed by atoms with Crippen molar-refractivity contribution in [3.63, 3.8) is 0 Å². The van der Waals surface area contributed by atoms with E-state index < -0.39 is 0 Å². The molecule has 0 radical (unpaired) electrons. The molecule has 2 unspecified atom stereocenters. The highest BCUT2D eigenvalue weighted by Gasteiger charge is 2.29. The zero-order chi connectivity index (χ0) is 14.5. The van der Waals surface area contributed by atoms with Crippen LogP contribution in [0.25, 0.3) is 0 Å². The SMILES string of the molecule is CCC1CN(CCCN2CCN(C(C)C)CC2)CC1O. The highest BCUT2D eigenvalue weighted by atomic mass is 16.3. The number of piperazine rings is 1. The van der Waals surface area contributed by atoms with Crippen LogP contribution in [-0.2, 0) is 0 Å². The van der Waals surface area contributed by atoms with E-state index >= 15 is 0 Å². The van der Waals surface area contributed by atoms with Gasteiger partial charge in [0.15, 0.2) is 0 Å². The van der Waals surface area contributed by atoms with Crippen LogP contribution in [-0.4, -0.2) is 84.3 Å². The van der Waals surface area contributed by atoms with Crippen LogP contribution in [0.1, 0.15) is 33.6 Å². The van der Waals surface area contributed by atoms with Crippen LogP contribution in [0.4, 0.5) is 0 Å². The number of aliphatic hydroxyl groups excluding tert-OH is 1. The lowest BCUT2D eigenvalue weighted by Gasteiger charge is -2.37. The van der Waals surface area contributed by atoms with E-state index in [2.05, 4.69) is 35.5 Å². The van der Waals surface area contributed by atoms with Crippen molar-refractivity contribution in [1.29, 1.82) is 0 Å². The molecule has 0 aromatic carbocycles. The van der Waals surface area contributed by atoms with Crippen molar-refractivity contribution in [3.8, 4) is 0 Å². The van der Waals surface area contributed by atoms with Crippen LogP contribution in [0.5, 0.6) is 0 Å². The molecule has 0 amide bonds. The van der Waals surface area contributed by atoms with Gasteiger partial charge in [-0.25, -0.2) is 0 Å². The third kappa shape index (κ3) is 4.42. The summed E-state index contributed by atoms with van der Waals surface area (Å²) < 4.78 is 0. The summed E-state index contributed by atoms with van der Waals surface area (Å²) in [5, 5.41) is 9.93. The van der Waals surface area contributed by atoms with Gasteiger partial charge in [-0.1, -0.05) is 6.92 Å². The number of aliphatic hydroxyl groups is 1. The monoisotopic (exact) mass is 283 g/mol. The standard InChI is InChI=1S/C16H33N3O/c1-4-15-12-18(13-16(15)20)7-5-6-17-8-10-19(11-9-17)14(2)3/h14-16,20H,4-13H2,1-3H3. The van der Waals surface area contributed by atoms with Gasteiger partial charge in [0.2, 0.25) is 0 Å². The predicted octanol–water partition coefficient (Wildman–Crippen LogP) is 1.11. The second-order valence-corrected chi connectivity index (χ2v) is 6.82. The minimum absolute atomic E-state index is 0.0883. The van der Waals surface area contributed by atoms with Gasteiger partial charge in [0.05, 0.1) is 6.10 Å². The Morgan fingerprint density at radius 2 is 1.65 bits per heavy atom. The Hall–Kier alpha value is -0.160. The second kappa shape index (κ2) is 7.74. The molecule has 0 aromatic heterocycles. The molecule has 2 atom stereocenters. The molecule has 118 valence electrons. The largest absolute Gasteiger partial charge is 0.391 e. The maximum absolute atomic E-state index is 9.93. The van der Waals surface area contributed by atoms with Crippen LogP contribution in [0.2, 0.25) is 0 Å². The number of nitrogens with zero attached hydrogens (tertiary/aromatic N) is 3. The van der Waals surface area contributed by atoms with Gasteiger partial charge in [0.1, 0.15) is 0 Å². The van der Waals surface area contributed by atoms with Crippen molar-refractivity contribution in [2.75, 3.05) is 52.4 Å². The second-order valence-electron chi connectivity index (χ2n) is 6.82. The summed E-state index contributed by atoms with van der Waals surface area (Å²) in [5.74, 6) is 0.504. The molecule has 0 saturated carbocycles. The fraction of sp³-hybridized carbons (Fsp3) is 1.00. The summed E-state index contributed by atoms with van der Waals surface area (Å²) in [4.78, 5) is 7.62. The van der Waals surface area contributed by atoms with E-state index in [-0.39, 0.29) is 6.10 Å². The molecule has 4 heteroatoms. The van der Waals surface area contributed by atoms with Crippen LogP contribution >= 0.6 is 0 Å². The molecule has 20 heavy (non-hydrogen) atoms. The zero-order valence-electron chi connectivity index (χ0n) is 13.6. The number of rotatable bonds is 6. The fourth-order valence-corrected chi connectivity index (χ4v) is 3.55. The third-order valence-electron chi connectivity index (χ3n) is 5.09. The van der Waals surface area contributed by atoms with E-state index in [4.69, 9.17) is 0 Å². The number of β-amino-alcohol motifs (C(OH)–C–C–N with tert-alkyl or cyclic N) is 1. The Morgan fingerprint density at radius 1 is 1.00 bits per heavy atom. The molecular weight excluding hydrogens is 250 g/mol. The highest BCUT2D eigenvalue weighted by molar-refractivity contribution is 4.83. The molecule has 2 fully saturated rings. The van der Waals surface area contributed by atoms with Gasteiger partial charge >= 0.3 is 0 Å². The van der Waals surface area contributed by atoms with Gasteiger partial charge in [-0.15, -0.1) is 0 Å². The Balaban J connectivity index is 1.58. The number of likely N-dealkylation sites (tertiary alicyclic amines) is 1. The first-order valence-corrected chi connectivity index (χ1v) is 8.47. The lowest BCUT2D eigenvalue weighted by Crippen LogP contribution is -2.49. The van der Waals surface area contributed by atoms with E-state index in [9.17, 15) is 5.11 Å². The van der Waals surface area contributed by atoms with Crippen LogP contribution in [0, 0.1) is 5.92 Å². The van der Waals surface area contributed by atoms with E-state index in [0.29, 0.717) is 12.0 Å². The average Bonchev–Trinajstić information content (AvgIpc) is 2.79. The van der Waals surface area contributed by atoms with Crippen molar-refractivity contribution >= 4 is 0 Å². The van der Waals surface area contributed by atoms with Gasteiger partial charge in [0, 0.05) is 45.3 Å². The van der Waals surface area contributed by atoms with Crippen molar-refractivity contribution in [2.45, 2.75) is 45.8 Å². The van der Waals surface area contributed by atoms with Crippen molar-refractivity contribution in [3.05, 3.63) is 0 Å². The fourth-order valence-electron chi connectivity index (χ4n) is 3.55. The topological polar surface area (TPSA) is 30.0 Å². The lowest BCUT2D eigenvalue weighted by atomic mass is 10.0. The zero-order valence-corrected chi connectivity index (χ0v) is 13.6. The smallest absolute Gasteiger partial charge is 0.0707 e. The quantitative estimate of drug-likeness (QED) is 0.791. The summed E-state index contributed by atoms with van der Waals surface area (Å²) in [7, 11) is 0. The molecule has 1 N–H and O–H groups in total. The number of hydrogen-bond acceptors (Lipinski definition) is 4. The van der Waals surface area contributed by atoms with Crippen molar-refractivity contribution in [1.82, 2.24) is 14.7 Å². The number of hydrogen-bond donors (Lipinski definition) is 1. The molecule has 0 spiro atoms.